The normalized spacial score (nSPS) is 20.9. The Hall–Kier alpha value is -0.770. The van der Waals surface area contributed by atoms with Crippen molar-refractivity contribution in [1.29, 1.82) is 0 Å². The first-order valence-corrected chi connectivity index (χ1v) is 7.00. The van der Waals surface area contributed by atoms with Crippen molar-refractivity contribution in [2.75, 3.05) is 26.2 Å². The molecule has 18 heavy (non-hydrogen) atoms. The van der Waals surface area contributed by atoms with Crippen LogP contribution in [0.2, 0.25) is 5.02 Å². The molecule has 0 spiro atoms. The lowest BCUT2D eigenvalue weighted by atomic mass is 10.0. The number of hydrogen-bond donors (Lipinski definition) is 1. The van der Waals surface area contributed by atoms with Gasteiger partial charge in [0.15, 0.2) is 0 Å². The number of rotatable bonds is 5. The van der Waals surface area contributed by atoms with E-state index in [0.717, 1.165) is 30.4 Å². The molecule has 1 aliphatic rings. The van der Waals surface area contributed by atoms with Gasteiger partial charge in [0.2, 0.25) is 0 Å². The molecule has 0 aliphatic carbocycles. The minimum atomic E-state index is 0.535. The maximum atomic E-state index is 5.83. The standard InChI is InChI=1S/C14H21ClN2O/c15-12-4-6-14(7-5-12)18-10-9-17-8-2-1-3-13(17)11-16/h4-7,13H,1-3,8-11,16H2. The topological polar surface area (TPSA) is 38.5 Å². The smallest absolute Gasteiger partial charge is 0.119 e. The van der Waals surface area contributed by atoms with Gasteiger partial charge in [-0.25, -0.2) is 0 Å². The molecule has 0 bridgehead atoms. The van der Waals surface area contributed by atoms with E-state index in [1.165, 1.54) is 19.3 Å². The molecular formula is C14H21ClN2O. The van der Waals surface area contributed by atoms with Crippen molar-refractivity contribution >= 4 is 11.6 Å². The lowest BCUT2D eigenvalue weighted by Crippen LogP contribution is -2.45. The molecule has 1 aromatic carbocycles. The van der Waals surface area contributed by atoms with Crippen molar-refractivity contribution in [2.45, 2.75) is 25.3 Å². The molecule has 0 aromatic heterocycles. The molecule has 0 amide bonds. The molecule has 1 saturated heterocycles. The highest BCUT2D eigenvalue weighted by molar-refractivity contribution is 6.30. The lowest BCUT2D eigenvalue weighted by Gasteiger charge is -2.34. The van der Waals surface area contributed by atoms with Gasteiger partial charge in [-0.1, -0.05) is 18.0 Å². The summed E-state index contributed by atoms with van der Waals surface area (Å²) in [6, 6.07) is 8.03. The molecule has 1 aromatic rings. The molecule has 1 aliphatic heterocycles. The fraction of sp³-hybridized carbons (Fsp3) is 0.571. The van der Waals surface area contributed by atoms with Crippen LogP contribution >= 0.6 is 11.6 Å². The van der Waals surface area contributed by atoms with Crippen LogP contribution in [-0.2, 0) is 0 Å². The molecule has 100 valence electrons. The Morgan fingerprint density at radius 3 is 2.78 bits per heavy atom. The number of piperidine rings is 1. The number of likely N-dealkylation sites (tertiary alicyclic amines) is 1. The maximum absolute atomic E-state index is 5.83. The van der Waals surface area contributed by atoms with Crippen molar-refractivity contribution in [2.24, 2.45) is 5.73 Å². The second-order valence-corrected chi connectivity index (χ2v) is 5.16. The third-order valence-electron chi connectivity index (χ3n) is 3.48. The van der Waals surface area contributed by atoms with E-state index in [1.807, 2.05) is 24.3 Å². The van der Waals surface area contributed by atoms with E-state index in [9.17, 15) is 0 Å². The lowest BCUT2D eigenvalue weighted by molar-refractivity contribution is 0.127. The largest absolute Gasteiger partial charge is 0.492 e. The quantitative estimate of drug-likeness (QED) is 0.892. The van der Waals surface area contributed by atoms with Crippen LogP contribution in [0.25, 0.3) is 0 Å². The van der Waals surface area contributed by atoms with Crippen LogP contribution in [0.1, 0.15) is 19.3 Å². The van der Waals surface area contributed by atoms with Crippen LogP contribution < -0.4 is 10.5 Å². The van der Waals surface area contributed by atoms with Gasteiger partial charge in [-0.2, -0.15) is 0 Å². The van der Waals surface area contributed by atoms with E-state index < -0.39 is 0 Å². The summed E-state index contributed by atoms with van der Waals surface area (Å²) in [5, 5.41) is 0.738. The van der Waals surface area contributed by atoms with Crippen LogP contribution in [-0.4, -0.2) is 37.2 Å². The van der Waals surface area contributed by atoms with Gasteiger partial charge in [0.25, 0.3) is 0 Å². The maximum Gasteiger partial charge on any atom is 0.119 e. The molecule has 2 N–H and O–H groups in total. The van der Waals surface area contributed by atoms with Gasteiger partial charge >= 0.3 is 0 Å². The molecule has 1 atom stereocenters. The summed E-state index contributed by atoms with van der Waals surface area (Å²) in [6.45, 7) is 3.55. The van der Waals surface area contributed by atoms with Crippen molar-refractivity contribution < 1.29 is 4.74 Å². The van der Waals surface area contributed by atoms with Gasteiger partial charge in [-0.3, -0.25) is 4.90 Å². The summed E-state index contributed by atoms with van der Waals surface area (Å²) in [7, 11) is 0. The van der Waals surface area contributed by atoms with Crippen molar-refractivity contribution in [3.8, 4) is 5.75 Å². The minimum absolute atomic E-state index is 0.535. The summed E-state index contributed by atoms with van der Waals surface area (Å²) >= 11 is 5.83. The number of halogens is 1. The molecular weight excluding hydrogens is 248 g/mol. The van der Waals surface area contributed by atoms with Crippen LogP contribution in [0, 0.1) is 0 Å². The number of ether oxygens (including phenoxy) is 1. The minimum Gasteiger partial charge on any atom is -0.492 e. The number of nitrogens with zero attached hydrogens (tertiary/aromatic N) is 1. The summed E-state index contributed by atoms with van der Waals surface area (Å²) < 4.78 is 5.72. The second-order valence-electron chi connectivity index (χ2n) is 4.72. The third kappa shape index (κ3) is 3.87. The highest BCUT2D eigenvalue weighted by Gasteiger charge is 2.20. The summed E-state index contributed by atoms with van der Waals surface area (Å²) in [5.41, 5.74) is 5.80. The Morgan fingerprint density at radius 1 is 1.28 bits per heavy atom. The molecule has 0 saturated carbocycles. The van der Waals surface area contributed by atoms with E-state index in [1.54, 1.807) is 0 Å². The van der Waals surface area contributed by atoms with Crippen LogP contribution in [0.3, 0.4) is 0 Å². The zero-order chi connectivity index (χ0) is 12.8. The van der Waals surface area contributed by atoms with E-state index in [2.05, 4.69) is 4.90 Å². The van der Waals surface area contributed by atoms with Crippen LogP contribution in [0.4, 0.5) is 0 Å². The summed E-state index contributed by atoms with van der Waals surface area (Å²) in [5.74, 6) is 0.876. The summed E-state index contributed by atoms with van der Waals surface area (Å²) in [6.07, 6.45) is 3.80. The molecule has 1 unspecified atom stereocenters. The molecule has 1 heterocycles. The fourth-order valence-electron chi connectivity index (χ4n) is 2.43. The molecule has 4 heteroatoms. The Morgan fingerprint density at radius 2 is 2.06 bits per heavy atom. The first-order chi connectivity index (χ1) is 8.79. The van der Waals surface area contributed by atoms with Crippen molar-refractivity contribution in [3.05, 3.63) is 29.3 Å². The van der Waals surface area contributed by atoms with Crippen molar-refractivity contribution in [1.82, 2.24) is 4.90 Å². The van der Waals surface area contributed by atoms with Gasteiger partial charge < -0.3 is 10.5 Å². The monoisotopic (exact) mass is 268 g/mol. The SMILES string of the molecule is NCC1CCCCN1CCOc1ccc(Cl)cc1. The highest BCUT2D eigenvalue weighted by Crippen LogP contribution is 2.17. The van der Waals surface area contributed by atoms with Gasteiger partial charge in [-0.15, -0.1) is 0 Å². The highest BCUT2D eigenvalue weighted by atomic mass is 35.5. The van der Waals surface area contributed by atoms with E-state index in [4.69, 9.17) is 22.1 Å². The van der Waals surface area contributed by atoms with Crippen LogP contribution in [0.15, 0.2) is 24.3 Å². The van der Waals surface area contributed by atoms with Gasteiger partial charge in [0, 0.05) is 24.2 Å². The zero-order valence-electron chi connectivity index (χ0n) is 10.6. The number of hydrogen-bond acceptors (Lipinski definition) is 3. The van der Waals surface area contributed by atoms with E-state index in [-0.39, 0.29) is 0 Å². The first kappa shape index (κ1) is 13.7. The van der Waals surface area contributed by atoms with Gasteiger partial charge in [0.05, 0.1) is 0 Å². The van der Waals surface area contributed by atoms with E-state index in [0.29, 0.717) is 12.6 Å². The van der Waals surface area contributed by atoms with Gasteiger partial charge in [-0.05, 0) is 43.7 Å². The van der Waals surface area contributed by atoms with E-state index >= 15 is 0 Å². The molecule has 0 radical (unpaired) electrons. The molecule has 2 rings (SSSR count). The van der Waals surface area contributed by atoms with Crippen molar-refractivity contribution in [3.63, 3.8) is 0 Å². The van der Waals surface area contributed by atoms with Crippen LogP contribution in [0.5, 0.6) is 5.75 Å². The predicted octanol–water partition coefficient (Wildman–Crippen LogP) is 2.53. The Bertz CT molecular complexity index is 355. The molecule has 3 nitrogen and oxygen atoms in total. The third-order valence-corrected chi connectivity index (χ3v) is 3.73. The number of nitrogens with two attached hydrogens (primary N) is 1. The predicted molar refractivity (Wildman–Crippen MR) is 75.2 cm³/mol. The first-order valence-electron chi connectivity index (χ1n) is 6.62. The fourth-order valence-corrected chi connectivity index (χ4v) is 2.56. The van der Waals surface area contributed by atoms with Gasteiger partial charge in [0.1, 0.15) is 12.4 Å². The Balaban J connectivity index is 1.75. The Kier molecular flexibility index (Phi) is 5.29. The summed E-state index contributed by atoms with van der Waals surface area (Å²) in [4.78, 5) is 2.44. The Labute approximate surface area is 114 Å². The average Bonchev–Trinajstić information content (AvgIpc) is 2.41. The average molecular weight is 269 g/mol. The molecule has 1 fully saturated rings. The zero-order valence-corrected chi connectivity index (χ0v) is 11.4. The number of benzene rings is 1. The second kappa shape index (κ2) is 6.98.